The van der Waals surface area contributed by atoms with Gasteiger partial charge in [-0.05, 0) is 33.1 Å². The summed E-state index contributed by atoms with van der Waals surface area (Å²) in [6.45, 7) is 8.15. The molecule has 0 radical (unpaired) electrons. The number of nitrogens with one attached hydrogen (secondary N) is 2. The van der Waals surface area contributed by atoms with Gasteiger partial charge in [-0.3, -0.25) is 4.79 Å². The zero-order chi connectivity index (χ0) is 12.0. The number of hydrogen-bond acceptors (Lipinski definition) is 3. The summed E-state index contributed by atoms with van der Waals surface area (Å²) in [4.78, 5) is 11.8. The van der Waals surface area contributed by atoms with Crippen molar-refractivity contribution in [1.82, 2.24) is 15.8 Å². The minimum Gasteiger partial charge on any atom is -0.352 e. The molecule has 4 heteroatoms. The molecule has 0 aromatic heterocycles. The van der Waals surface area contributed by atoms with Crippen molar-refractivity contribution in [2.45, 2.75) is 58.5 Å². The van der Waals surface area contributed by atoms with Gasteiger partial charge in [-0.1, -0.05) is 13.3 Å². The van der Waals surface area contributed by atoms with E-state index < -0.39 is 0 Å². The molecular formula is C12H25N3O. The Morgan fingerprint density at radius 2 is 1.88 bits per heavy atom. The minimum atomic E-state index is -0.132. The standard InChI is InChI=1S/C12H25N3O/c1-4-10(2)13-12(16)11(3)14-15-8-6-5-7-9-15/h10-11,14H,4-9H2,1-3H3,(H,13,16). The fourth-order valence-corrected chi connectivity index (χ4v) is 1.83. The SMILES string of the molecule is CCC(C)NC(=O)C(C)NN1CCCCC1. The first-order valence-electron chi connectivity index (χ1n) is 6.45. The average molecular weight is 227 g/mol. The number of rotatable bonds is 5. The van der Waals surface area contributed by atoms with Gasteiger partial charge in [0.25, 0.3) is 0 Å². The lowest BCUT2D eigenvalue weighted by Gasteiger charge is -2.30. The van der Waals surface area contributed by atoms with Crippen molar-refractivity contribution in [3.05, 3.63) is 0 Å². The Morgan fingerprint density at radius 1 is 1.25 bits per heavy atom. The number of amides is 1. The molecule has 0 bridgehead atoms. The van der Waals surface area contributed by atoms with Crippen LogP contribution in [-0.2, 0) is 4.79 Å². The third kappa shape index (κ3) is 4.49. The van der Waals surface area contributed by atoms with Crippen LogP contribution in [0.5, 0.6) is 0 Å². The Morgan fingerprint density at radius 3 is 2.44 bits per heavy atom. The molecule has 1 aliphatic heterocycles. The third-order valence-electron chi connectivity index (χ3n) is 3.13. The van der Waals surface area contributed by atoms with Crippen molar-refractivity contribution >= 4 is 5.91 Å². The molecule has 1 rings (SSSR count). The summed E-state index contributed by atoms with van der Waals surface area (Å²) in [5.41, 5.74) is 3.27. The number of piperidine rings is 1. The molecule has 1 fully saturated rings. The molecule has 2 unspecified atom stereocenters. The van der Waals surface area contributed by atoms with E-state index in [-0.39, 0.29) is 18.0 Å². The molecule has 4 nitrogen and oxygen atoms in total. The second-order valence-corrected chi connectivity index (χ2v) is 4.72. The van der Waals surface area contributed by atoms with E-state index in [0.29, 0.717) is 0 Å². The smallest absolute Gasteiger partial charge is 0.238 e. The first-order chi connectivity index (χ1) is 7.63. The van der Waals surface area contributed by atoms with E-state index in [2.05, 4.69) is 22.7 Å². The van der Waals surface area contributed by atoms with Crippen LogP contribution in [-0.4, -0.2) is 36.1 Å². The average Bonchev–Trinajstić information content (AvgIpc) is 2.30. The van der Waals surface area contributed by atoms with Crippen LogP contribution in [0.2, 0.25) is 0 Å². The maximum atomic E-state index is 11.8. The molecule has 16 heavy (non-hydrogen) atoms. The quantitative estimate of drug-likeness (QED) is 0.743. The lowest BCUT2D eigenvalue weighted by molar-refractivity contribution is -0.124. The van der Waals surface area contributed by atoms with E-state index in [9.17, 15) is 4.79 Å². The van der Waals surface area contributed by atoms with Crippen molar-refractivity contribution in [3.8, 4) is 0 Å². The highest BCUT2D eigenvalue weighted by atomic mass is 16.2. The number of hydrogen-bond donors (Lipinski definition) is 2. The van der Waals surface area contributed by atoms with Gasteiger partial charge in [-0.25, -0.2) is 10.4 Å². The Kier molecular flexibility index (Phi) is 5.77. The lowest BCUT2D eigenvalue weighted by Crippen LogP contribution is -2.53. The van der Waals surface area contributed by atoms with Gasteiger partial charge in [0.2, 0.25) is 5.91 Å². The van der Waals surface area contributed by atoms with Crippen LogP contribution in [0.15, 0.2) is 0 Å². The largest absolute Gasteiger partial charge is 0.352 e. The Labute approximate surface area is 98.7 Å². The Hall–Kier alpha value is -0.610. The fourth-order valence-electron chi connectivity index (χ4n) is 1.83. The van der Waals surface area contributed by atoms with Crippen LogP contribution >= 0.6 is 0 Å². The van der Waals surface area contributed by atoms with Crippen molar-refractivity contribution in [3.63, 3.8) is 0 Å². The van der Waals surface area contributed by atoms with Crippen LogP contribution in [0.4, 0.5) is 0 Å². The molecule has 1 amide bonds. The molecule has 0 aromatic carbocycles. The Balaban J connectivity index is 2.27. The van der Waals surface area contributed by atoms with Gasteiger partial charge in [0.1, 0.15) is 0 Å². The van der Waals surface area contributed by atoms with E-state index in [1.165, 1.54) is 19.3 Å². The predicted octanol–water partition coefficient (Wildman–Crippen LogP) is 1.28. The van der Waals surface area contributed by atoms with Crippen LogP contribution < -0.4 is 10.7 Å². The summed E-state index contributed by atoms with van der Waals surface area (Å²) in [6.07, 6.45) is 4.74. The van der Waals surface area contributed by atoms with Gasteiger partial charge >= 0.3 is 0 Å². The van der Waals surface area contributed by atoms with Gasteiger partial charge in [0.05, 0.1) is 6.04 Å². The van der Waals surface area contributed by atoms with E-state index in [0.717, 1.165) is 19.5 Å². The predicted molar refractivity (Wildman–Crippen MR) is 65.9 cm³/mol. The van der Waals surface area contributed by atoms with Gasteiger partial charge < -0.3 is 5.32 Å². The summed E-state index contributed by atoms with van der Waals surface area (Å²) in [5, 5.41) is 5.16. The molecule has 1 saturated heterocycles. The molecule has 0 aliphatic carbocycles. The molecular weight excluding hydrogens is 202 g/mol. The van der Waals surface area contributed by atoms with Crippen molar-refractivity contribution in [1.29, 1.82) is 0 Å². The summed E-state index contributed by atoms with van der Waals surface area (Å²) < 4.78 is 0. The molecule has 94 valence electrons. The molecule has 0 spiro atoms. The van der Waals surface area contributed by atoms with Gasteiger partial charge in [-0.2, -0.15) is 0 Å². The molecule has 1 heterocycles. The van der Waals surface area contributed by atoms with Crippen LogP contribution in [0.1, 0.15) is 46.5 Å². The summed E-state index contributed by atoms with van der Waals surface area (Å²) in [5.74, 6) is 0.0972. The minimum absolute atomic E-state index is 0.0972. The Bertz CT molecular complexity index is 214. The van der Waals surface area contributed by atoms with E-state index in [1.54, 1.807) is 0 Å². The summed E-state index contributed by atoms with van der Waals surface area (Å²) >= 11 is 0. The highest BCUT2D eigenvalue weighted by Crippen LogP contribution is 2.06. The van der Waals surface area contributed by atoms with E-state index >= 15 is 0 Å². The number of hydrazine groups is 1. The topological polar surface area (TPSA) is 44.4 Å². The zero-order valence-corrected chi connectivity index (χ0v) is 10.8. The first-order valence-corrected chi connectivity index (χ1v) is 6.45. The maximum absolute atomic E-state index is 11.8. The van der Waals surface area contributed by atoms with Crippen molar-refractivity contribution < 1.29 is 4.79 Å². The molecule has 1 aliphatic rings. The second-order valence-electron chi connectivity index (χ2n) is 4.72. The van der Waals surface area contributed by atoms with Crippen LogP contribution in [0.25, 0.3) is 0 Å². The number of carbonyl (C=O) groups excluding carboxylic acids is 1. The molecule has 2 atom stereocenters. The van der Waals surface area contributed by atoms with Gasteiger partial charge in [0, 0.05) is 19.1 Å². The number of nitrogens with zero attached hydrogens (tertiary/aromatic N) is 1. The second kappa shape index (κ2) is 6.86. The molecule has 0 saturated carbocycles. The normalized spacial score (nSPS) is 21.4. The number of carbonyl (C=O) groups is 1. The fraction of sp³-hybridized carbons (Fsp3) is 0.917. The van der Waals surface area contributed by atoms with Crippen LogP contribution in [0.3, 0.4) is 0 Å². The summed E-state index contributed by atoms with van der Waals surface area (Å²) in [7, 11) is 0. The van der Waals surface area contributed by atoms with Crippen molar-refractivity contribution in [2.24, 2.45) is 0 Å². The highest BCUT2D eigenvalue weighted by molar-refractivity contribution is 5.81. The molecule has 2 N–H and O–H groups in total. The third-order valence-corrected chi connectivity index (χ3v) is 3.13. The lowest BCUT2D eigenvalue weighted by atomic mass is 10.1. The first kappa shape index (κ1) is 13.5. The maximum Gasteiger partial charge on any atom is 0.238 e. The van der Waals surface area contributed by atoms with Gasteiger partial charge in [-0.15, -0.1) is 0 Å². The van der Waals surface area contributed by atoms with Crippen LogP contribution in [0, 0.1) is 0 Å². The highest BCUT2D eigenvalue weighted by Gasteiger charge is 2.18. The van der Waals surface area contributed by atoms with Crippen molar-refractivity contribution in [2.75, 3.05) is 13.1 Å². The monoisotopic (exact) mass is 227 g/mol. The van der Waals surface area contributed by atoms with Gasteiger partial charge in [0.15, 0.2) is 0 Å². The molecule has 0 aromatic rings. The van der Waals surface area contributed by atoms with E-state index in [4.69, 9.17) is 0 Å². The van der Waals surface area contributed by atoms with E-state index in [1.807, 2.05) is 13.8 Å². The zero-order valence-electron chi connectivity index (χ0n) is 10.8. The summed E-state index contributed by atoms with van der Waals surface area (Å²) in [6, 6.07) is 0.130.